The van der Waals surface area contributed by atoms with Gasteiger partial charge in [-0.3, -0.25) is 4.79 Å². The van der Waals surface area contributed by atoms with E-state index in [1.54, 1.807) is 6.07 Å². The zero-order valence-electron chi connectivity index (χ0n) is 13.0. The van der Waals surface area contributed by atoms with Crippen molar-refractivity contribution in [2.24, 2.45) is 0 Å². The van der Waals surface area contributed by atoms with Crippen molar-refractivity contribution in [1.29, 1.82) is 0 Å². The Morgan fingerprint density at radius 2 is 1.78 bits per heavy atom. The van der Waals surface area contributed by atoms with Gasteiger partial charge < -0.3 is 10.4 Å². The SMILES string of the molecule is Cc1cccc(C(=O)NCC(O)c2cccc3ccccc23)c1. The fraction of sp³-hybridized carbons (Fsp3) is 0.150. The van der Waals surface area contributed by atoms with E-state index in [9.17, 15) is 9.90 Å². The van der Waals surface area contributed by atoms with Crippen LogP contribution in [0.15, 0.2) is 66.7 Å². The Hall–Kier alpha value is -2.65. The number of rotatable bonds is 4. The van der Waals surface area contributed by atoms with E-state index in [1.165, 1.54) is 0 Å². The Kier molecular flexibility index (Phi) is 4.40. The number of benzene rings is 3. The lowest BCUT2D eigenvalue weighted by molar-refractivity contribution is 0.0917. The van der Waals surface area contributed by atoms with E-state index in [1.807, 2.05) is 67.6 Å². The smallest absolute Gasteiger partial charge is 0.251 e. The van der Waals surface area contributed by atoms with Crippen LogP contribution in [-0.4, -0.2) is 17.6 Å². The van der Waals surface area contributed by atoms with Crippen molar-refractivity contribution in [3.8, 4) is 0 Å². The summed E-state index contributed by atoms with van der Waals surface area (Å²) in [4.78, 5) is 12.2. The maximum absolute atomic E-state index is 12.2. The predicted molar refractivity (Wildman–Crippen MR) is 92.4 cm³/mol. The lowest BCUT2D eigenvalue weighted by atomic mass is 10.0. The van der Waals surface area contributed by atoms with Gasteiger partial charge in [0.2, 0.25) is 0 Å². The maximum Gasteiger partial charge on any atom is 0.251 e. The van der Waals surface area contributed by atoms with Gasteiger partial charge in [-0.1, -0.05) is 60.2 Å². The summed E-state index contributed by atoms with van der Waals surface area (Å²) in [5.41, 5.74) is 2.47. The van der Waals surface area contributed by atoms with Gasteiger partial charge in [0.25, 0.3) is 5.91 Å². The number of carbonyl (C=O) groups excluding carboxylic acids is 1. The monoisotopic (exact) mass is 305 g/mol. The van der Waals surface area contributed by atoms with Crippen LogP contribution < -0.4 is 5.32 Å². The van der Waals surface area contributed by atoms with E-state index >= 15 is 0 Å². The summed E-state index contributed by atoms with van der Waals surface area (Å²) in [6.07, 6.45) is -0.741. The van der Waals surface area contributed by atoms with Crippen LogP contribution in [0.5, 0.6) is 0 Å². The first-order chi connectivity index (χ1) is 11.1. The number of aliphatic hydroxyl groups excluding tert-OH is 1. The van der Waals surface area contributed by atoms with E-state index in [0.717, 1.165) is 21.9 Å². The molecule has 1 unspecified atom stereocenters. The van der Waals surface area contributed by atoms with Crippen LogP contribution in [0.4, 0.5) is 0 Å². The zero-order valence-corrected chi connectivity index (χ0v) is 13.0. The summed E-state index contributed by atoms with van der Waals surface area (Å²) in [6.45, 7) is 2.13. The van der Waals surface area contributed by atoms with Crippen LogP contribution in [0, 0.1) is 6.92 Å². The molecule has 23 heavy (non-hydrogen) atoms. The van der Waals surface area contributed by atoms with Gasteiger partial charge in [-0.05, 0) is 35.4 Å². The molecule has 0 aliphatic heterocycles. The first-order valence-corrected chi connectivity index (χ1v) is 7.66. The van der Waals surface area contributed by atoms with Crippen molar-refractivity contribution in [2.45, 2.75) is 13.0 Å². The number of carbonyl (C=O) groups is 1. The molecule has 0 saturated heterocycles. The van der Waals surface area contributed by atoms with Crippen molar-refractivity contribution in [2.75, 3.05) is 6.54 Å². The quantitative estimate of drug-likeness (QED) is 0.773. The van der Waals surface area contributed by atoms with Gasteiger partial charge in [0, 0.05) is 12.1 Å². The molecule has 0 aliphatic rings. The number of amides is 1. The minimum atomic E-state index is -0.741. The highest BCUT2D eigenvalue weighted by molar-refractivity contribution is 5.94. The first kappa shape index (κ1) is 15.3. The summed E-state index contributed by atoms with van der Waals surface area (Å²) in [5, 5.41) is 15.3. The van der Waals surface area contributed by atoms with Gasteiger partial charge in [0.1, 0.15) is 0 Å². The van der Waals surface area contributed by atoms with Gasteiger partial charge in [0.05, 0.1) is 6.10 Å². The highest BCUT2D eigenvalue weighted by atomic mass is 16.3. The topological polar surface area (TPSA) is 49.3 Å². The molecule has 0 spiro atoms. The summed E-state index contributed by atoms with van der Waals surface area (Å²) < 4.78 is 0. The molecular weight excluding hydrogens is 286 g/mol. The molecule has 3 aromatic rings. The molecule has 116 valence electrons. The van der Waals surface area contributed by atoms with Gasteiger partial charge >= 0.3 is 0 Å². The Morgan fingerprint density at radius 3 is 2.61 bits per heavy atom. The third-order valence-electron chi connectivity index (χ3n) is 3.92. The van der Waals surface area contributed by atoms with Gasteiger partial charge in [-0.25, -0.2) is 0 Å². The van der Waals surface area contributed by atoms with Crippen LogP contribution in [0.25, 0.3) is 10.8 Å². The Balaban J connectivity index is 1.74. The fourth-order valence-corrected chi connectivity index (χ4v) is 2.73. The van der Waals surface area contributed by atoms with E-state index in [4.69, 9.17) is 0 Å². The molecule has 3 nitrogen and oxygen atoms in total. The molecule has 0 bridgehead atoms. The van der Waals surface area contributed by atoms with Crippen LogP contribution in [-0.2, 0) is 0 Å². The van der Waals surface area contributed by atoms with Crippen molar-refractivity contribution in [1.82, 2.24) is 5.32 Å². The molecule has 3 rings (SSSR count). The molecule has 0 aliphatic carbocycles. The van der Waals surface area contributed by atoms with Crippen molar-refractivity contribution in [3.63, 3.8) is 0 Å². The van der Waals surface area contributed by atoms with Gasteiger partial charge in [-0.2, -0.15) is 0 Å². The average Bonchev–Trinajstić information content (AvgIpc) is 2.59. The summed E-state index contributed by atoms with van der Waals surface area (Å²) in [7, 11) is 0. The third kappa shape index (κ3) is 3.41. The first-order valence-electron chi connectivity index (χ1n) is 7.66. The average molecular weight is 305 g/mol. The molecule has 0 fully saturated rings. The van der Waals surface area contributed by atoms with E-state index in [2.05, 4.69) is 5.32 Å². The highest BCUT2D eigenvalue weighted by Gasteiger charge is 2.13. The summed E-state index contributed by atoms with van der Waals surface area (Å²) >= 11 is 0. The zero-order chi connectivity index (χ0) is 16.2. The number of nitrogens with one attached hydrogen (secondary N) is 1. The van der Waals surface area contributed by atoms with Gasteiger partial charge in [0.15, 0.2) is 0 Å². The Morgan fingerprint density at radius 1 is 1.04 bits per heavy atom. The normalized spacial score (nSPS) is 12.1. The molecular formula is C20H19NO2. The second kappa shape index (κ2) is 6.63. The second-order valence-corrected chi connectivity index (χ2v) is 5.66. The fourth-order valence-electron chi connectivity index (χ4n) is 2.73. The molecule has 0 radical (unpaired) electrons. The molecule has 1 atom stereocenters. The van der Waals surface area contributed by atoms with Crippen molar-refractivity contribution in [3.05, 3.63) is 83.4 Å². The Bertz CT molecular complexity index is 836. The second-order valence-electron chi connectivity index (χ2n) is 5.66. The number of aryl methyl sites for hydroxylation is 1. The van der Waals surface area contributed by atoms with Gasteiger partial charge in [-0.15, -0.1) is 0 Å². The van der Waals surface area contributed by atoms with Crippen LogP contribution in [0.3, 0.4) is 0 Å². The number of fused-ring (bicyclic) bond motifs is 1. The highest BCUT2D eigenvalue weighted by Crippen LogP contribution is 2.23. The molecule has 0 saturated carbocycles. The minimum Gasteiger partial charge on any atom is -0.387 e. The lowest BCUT2D eigenvalue weighted by Gasteiger charge is -2.15. The van der Waals surface area contributed by atoms with E-state index < -0.39 is 6.10 Å². The number of hydrogen-bond donors (Lipinski definition) is 2. The largest absolute Gasteiger partial charge is 0.387 e. The standard InChI is InChI=1S/C20H19NO2/c1-14-6-4-9-16(12-14)20(23)21-13-19(22)18-11-5-8-15-7-2-3-10-17(15)18/h2-12,19,22H,13H2,1H3,(H,21,23). The summed E-state index contributed by atoms with van der Waals surface area (Å²) in [5.74, 6) is -0.173. The van der Waals surface area contributed by atoms with Crippen LogP contribution >= 0.6 is 0 Å². The Labute approximate surface area is 135 Å². The maximum atomic E-state index is 12.2. The minimum absolute atomic E-state index is 0.173. The number of aliphatic hydroxyl groups is 1. The van der Waals surface area contributed by atoms with E-state index in [0.29, 0.717) is 5.56 Å². The molecule has 1 amide bonds. The molecule has 3 heteroatoms. The van der Waals surface area contributed by atoms with Crippen LogP contribution in [0.1, 0.15) is 27.6 Å². The molecule has 0 heterocycles. The summed E-state index contributed by atoms with van der Waals surface area (Å²) in [6, 6.07) is 21.1. The van der Waals surface area contributed by atoms with Crippen molar-refractivity contribution < 1.29 is 9.90 Å². The molecule has 2 N–H and O–H groups in total. The van der Waals surface area contributed by atoms with Crippen LogP contribution in [0.2, 0.25) is 0 Å². The predicted octanol–water partition coefficient (Wildman–Crippen LogP) is 3.61. The molecule has 3 aromatic carbocycles. The van der Waals surface area contributed by atoms with Crippen molar-refractivity contribution >= 4 is 16.7 Å². The number of hydrogen-bond acceptors (Lipinski definition) is 2. The van der Waals surface area contributed by atoms with E-state index in [-0.39, 0.29) is 12.5 Å². The molecule has 0 aromatic heterocycles. The lowest BCUT2D eigenvalue weighted by Crippen LogP contribution is -2.28. The third-order valence-corrected chi connectivity index (χ3v) is 3.92.